The zero-order valence-corrected chi connectivity index (χ0v) is 5.84. The molecule has 1 aliphatic carbocycles. The molecule has 0 spiro atoms. The summed E-state index contributed by atoms with van der Waals surface area (Å²) >= 11 is 0. The van der Waals surface area contributed by atoms with Crippen molar-refractivity contribution in [2.75, 3.05) is 0 Å². The van der Waals surface area contributed by atoms with Crippen LogP contribution in [0.1, 0.15) is 12.8 Å². The fraction of sp³-hybridized carbons (Fsp3) is 0.500. The van der Waals surface area contributed by atoms with Crippen LogP contribution in [0.4, 0.5) is 0 Å². The molecule has 1 aliphatic rings. The lowest BCUT2D eigenvalue weighted by Gasteiger charge is -2.13. The van der Waals surface area contributed by atoms with E-state index in [0.717, 1.165) is 12.8 Å². The Morgan fingerprint density at radius 3 is 2.30 bits per heavy atom. The van der Waals surface area contributed by atoms with Crippen molar-refractivity contribution in [2.45, 2.75) is 12.8 Å². The number of aliphatic carboxylic acids is 1. The number of allylic oxidation sites excluding steroid dienone is 1. The Balaban J connectivity index is 2.68. The summed E-state index contributed by atoms with van der Waals surface area (Å²) in [6.07, 6.45) is 3.12. The zero-order valence-electron chi connectivity index (χ0n) is 5.84. The van der Waals surface area contributed by atoms with Gasteiger partial charge in [0.05, 0.1) is 5.41 Å². The number of hydrogen-bond donors (Lipinski definition) is 1. The minimum Gasteiger partial charge on any atom is -0.481 e. The molecule has 1 fully saturated rings. The van der Waals surface area contributed by atoms with Crippen molar-refractivity contribution in [3.63, 3.8) is 0 Å². The molecule has 0 bridgehead atoms. The average molecular weight is 139 g/mol. The van der Waals surface area contributed by atoms with Gasteiger partial charge in [0.15, 0.2) is 0 Å². The van der Waals surface area contributed by atoms with E-state index < -0.39 is 11.4 Å². The SMILES string of the molecule is [CH2][C@@H](C=C)C1(C(=O)O)CC1. The van der Waals surface area contributed by atoms with Gasteiger partial charge in [-0.15, -0.1) is 6.58 Å². The van der Waals surface area contributed by atoms with E-state index in [4.69, 9.17) is 5.11 Å². The Kier molecular flexibility index (Phi) is 1.55. The Bertz CT molecular complexity index is 168. The van der Waals surface area contributed by atoms with Crippen LogP contribution in [-0.2, 0) is 4.79 Å². The number of hydrogen-bond acceptors (Lipinski definition) is 1. The molecule has 1 radical (unpaired) electrons. The van der Waals surface area contributed by atoms with Crippen LogP contribution in [0.3, 0.4) is 0 Å². The molecule has 1 N–H and O–H groups in total. The second-order valence-corrected chi connectivity index (χ2v) is 2.80. The lowest BCUT2D eigenvalue weighted by molar-refractivity contribution is -0.144. The van der Waals surface area contributed by atoms with Gasteiger partial charge in [-0.2, -0.15) is 0 Å². The molecule has 55 valence electrons. The summed E-state index contributed by atoms with van der Waals surface area (Å²) in [5.41, 5.74) is -0.554. The molecule has 0 aromatic carbocycles. The highest BCUT2D eigenvalue weighted by atomic mass is 16.4. The van der Waals surface area contributed by atoms with E-state index in [-0.39, 0.29) is 5.92 Å². The van der Waals surface area contributed by atoms with Crippen molar-refractivity contribution in [1.29, 1.82) is 0 Å². The van der Waals surface area contributed by atoms with E-state index >= 15 is 0 Å². The number of carboxylic acids is 1. The lowest BCUT2D eigenvalue weighted by atomic mass is 9.91. The summed E-state index contributed by atoms with van der Waals surface area (Å²) < 4.78 is 0. The number of rotatable bonds is 3. The van der Waals surface area contributed by atoms with E-state index in [2.05, 4.69) is 13.5 Å². The molecular formula is C8H11O2. The van der Waals surface area contributed by atoms with Gasteiger partial charge in [-0.05, 0) is 25.7 Å². The summed E-state index contributed by atoms with van der Waals surface area (Å²) in [4.78, 5) is 10.6. The highest BCUT2D eigenvalue weighted by Crippen LogP contribution is 2.52. The minimum atomic E-state index is -0.729. The van der Waals surface area contributed by atoms with Crippen LogP contribution in [0.2, 0.25) is 0 Å². The third kappa shape index (κ3) is 0.838. The van der Waals surface area contributed by atoms with E-state index in [0.29, 0.717) is 0 Å². The first kappa shape index (κ1) is 7.32. The second kappa shape index (κ2) is 2.11. The zero-order chi connectivity index (χ0) is 7.78. The standard InChI is InChI=1S/C8H11O2/c1-3-6(2)8(4-5-8)7(9)10/h3,6H,1-2,4-5H2,(H,9,10)/t6-/m0/s1. The predicted molar refractivity (Wildman–Crippen MR) is 38.3 cm³/mol. The molecule has 2 nitrogen and oxygen atoms in total. The van der Waals surface area contributed by atoms with Crippen LogP contribution in [0.15, 0.2) is 12.7 Å². The Labute approximate surface area is 60.6 Å². The van der Waals surface area contributed by atoms with Gasteiger partial charge < -0.3 is 5.11 Å². The first-order valence-corrected chi connectivity index (χ1v) is 3.32. The molecule has 0 unspecified atom stereocenters. The molecule has 0 saturated heterocycles. The molecule has 2 heteroatoms. The minimum absolute atomic E-state index is 0.134. The van der Waals surface area contributed by atoms with E-state index in [1.54, 1.807) is 6.08 Å². The maximum atomic E-state index is 10.6. The summed E-state index contributed by atoms with van der Waals surface area (Å²) in [6.45, 7) is 7.24. The fourth-order valence-electron chi connectivity index (χ4n) is 1.10. The van der Waals surface area contributed by atoms with Crippen LogP contribution in [0.5, 0.6) is 0 Å². The van der Waals surface area contributed by atoms with E-state index in [9.17, 15) is 4.79 Å². The molecule has 0 aromatic rings. The molecule has 0 heterocycles. The van der Waals surface area contributed by atoms with Gasteiger partial charge >= 0.3 is 5.97 Å². The first-order chi connectivity index (χ1) is 4.63. The van der Waals surface area contributed by atoms with Crippen LogP contribution >= 0.6 is 0 Å². The quantitative estimate of drug-likeness (QED) is 0.601. The van der Waals surface area contributed by atoms with Crippen molar-refractivity contribution >= 4 is 5.97 Å². The topological polar surface area (TPSA) is 37.3 Å². The highest BCUT2D eigenvalue weighted by molar-refractivity contribution is 5.78. The van der Waals surface area contributed by atoms with E-state index in [1.807, 2.05) is 0 Å². The molecule has 0 amide bonds. The molecule has 10 heavy (non-hydrogen) atoms. The van der Waals surface area contributed by atoms with Gasteiger partial charge in [-0.3, -0.25) is 4.79 Å². The van der Waals surface area contributed by atoms with Crippen molar-refractivity contribution in [3.8, 4) is 0 Å². The van der Waals surface area contributed by atoms with Crippen LogP contribution in [0.25, 0.3) is 0 Å². The van der Waals surface area contributed by atoms with Crippen molar-refractivity contribution in [3.05, 3.63) is 19.6 Å². The molecule has 0 aliphatic heterocycles. The maximum Gasteiger partial charge on any atom is 0.310 e. The highest BCUT2D eigenvalue weighted by Gasteiger charge is 2.53. The number of carboxylic acid groups (broad SMARTS) is 1. The molecule has 1 atom stereocenters. The maximum absolute atomic E-state index is 10.6. The normalized spacial score (nSPS) is 23.3. The Hall–Kier alpha value is -0.790. The summed E-state index contributed by atoms with van der Waals surface area (Å²) in [5, 5.41) is 8.72. The van der Waals surface area contributed by atoms with Crippen LogP contribution < -0.4 is 0 Å². The Morgan fingerprint density at radius 2 is 2.20 bits per heavy atom. The van der Waals surface area contributed by atoms with Crippen molar-refractivity contribution in [2.24, 2.45) is 11.3 Å². The van der Waals surface area contributed by atoms with Gasteiger partial charge in [0, 0.05) is 0 Å². The lowest BCUT2D eigenvalue weighted by Crippen LogP contribution is -2.21. The van der Waals surface area contributed by atoms with Gasteiger partial charge in [-0.1, -0.05) is 6.08 Å². The van der Waals surface area contributed by atoms with Crippen molar-refractivity contribution in [1.82, 2.24) is 0 Å². The van der Waals surface area contributed by atoms with Gasteiger partial charge in [0.2, 0.25) is 0 Å². The summed E-state index contributed by atoms with van der Waals surface area (Å²) in [5.74, 6) is -0.864. The van der Waals surface area contributed by atoms with Gasteiger partial charge in [0.25, 0.3) is 0 Å². The van der Waals surface area contributed by atoms with Crippen LogP contribution in [0, 0.1) is 18.3 Å². The first-order valence-electron chi connectivity index (χ1n) is 3.32. The summed E-state index contributed by atoms with van der Waals surface area (Å²) in [6, 6.07) is 0. The second-order valence-electron chi connectivity index (χ2n) is 2.80. The predicted octanol–water partition coefficient (Wildman–Crippen LogP) is 1.49. The fourth-order valence-corrected chi connectivity index (χ4v) is 1.10. The molecular weight excluding hydrogens is 128 g/mol. The van der Waals surface area contributed by atoms with Gasteiger partial charge in [0.1, 0.15) is 0 Å². The number of carbonyl (C=O) groups is 1. The largest absolute Gasteiger partial charge is 0.481 e. The smallest absolute Gasteiger partial charge is 0.310 e. The van der Waals surface area contributed by atoms with Crippen molar-refractivity contribution < 1.29 is 9.90 Å². The van der Waals surface area contributed by atoms with Crippen LogP contribution in [-0.4, -0.2) is 11.1 Å². The Morgan fingerprint density at radius 1 is 1.70 bits per heavy atom. The molecule has 0 aromatic heterocycles. The summed E-state index contributed by atoms with van der Waals surface area (Å²) in [7, 11) is 0. The third-order valence-electron chi connectivity index (χ3n) is 2.21. The monoisotopic (exact) mass is 139 g/mol. The third-order valence-corrected chi connectivity index (χ3v) is 2.21. The average Bonchev–Trinajstić information content (AvgIpc) is 2.65. The van der Waals surface area contributed by atoms with E-state index in [1.165, 1.54) is 0 Å². The van der Waals surface area contributed by atoms with Gasteiger partial charge in [-0.25, -0.2) is 0 Å². The molecule has 1 saturated carbocycles. The molecule has 1 rings (SSSR count).